The molecule has 0 radical (unpaired) electrons. The zero-order valence-electron chi connectivity index (χ0n) is 23.5. The molecule has 0 atom stereocenters. The number of phenols is 1. The molecule has 3 rings (SSSR count). The summed E-state index contributed by atoms with van der Waals surface area (Å²) >= 11 is 0. The van der Waals surface area contributed by atoms with E-state index >= 15 is 0 Å². The smallest absolute Gasteiger partial charge is 0.416 e. The maximum Gasteiger partial charge on any atom is 0.416 e. The van der Waals surface area contributed by atoms with Gasteiger partial charge in [-0.15, -0.1) is 0 Å². The van der Waals surface area contributed by atoms with Gasteiger partial charge in [0.15, 0.2) is 17.1 Å². The highest BCUT2D eigenvalue weighted by Crippen LogP contribution is 2.33. The van der Waals surface area contributed by atoms with Crippen LogP contribution in [0.3, 0.4) is 0 Å². The number of carbonyl (C=O) groups is 2. The fraction of sp³-hybridized carbons (Fsp3) is 0.481. The van der Waals surface area contributed by atoms with Gasteiger partial charge in [0.25, 0.3) is 0 Å². The number of aliphatic hydroxyl groups is 1. The molecule has 0 fully saturated rings. The van der Waals surface area contributed by atoms with E-state index < -0.39 is 23.4 Å². The Morgan fingerprint density at radius 1 is 0.974 bits per heavy atom. The standard InChI is InChI=1S/C27H37N5O7/c1-26(2,3)38-24(35)30(14-15-33)12-13-31(25(36)39-27(4,5)6)22-10-11-32-23(29-22)19(17-28-32)18-8-9-21(37-7)20(34)16-18/h8-11,16-17,33-34H,12-15H2,1-7H3. The van der Waals surface area contributed by atoms with Crippen molar-refractivity contribution >= 4 is 23.7 Å². The van der Waals surface area contributed by atoms with E-state index in [0.29, 0.717) is 22.5 Å². The number of nitrogens with zero attached hydrogens (tertiary/aromatic N) is 5. The van der Waals surface area contributed by atoms with Gasteiger partial charge in [-0.2, -0.15) is 5.10 Å². The first-order chi connectivity index (χ1) is 18.2. The number of phenolic OH excluding ortho intramolecular Hbond substituents is 1. The Bertz CT molecular complexity index is 1310. The van der Waals surface area contributed by atoms with Crippen LogP contribution in [0.5, 0.6) is 11.5 Å². The Balaban J connectivity index is 1.98. The van der Waals surface area contributed by atoms with Gasteiger partial charge >= 0.3 is 12.2 Å². The molecule has 0 bridgehead atoms. The number of carbonyl (C=O) groups excluding carboxylic acids is 2. The Kier molecular flexibility index (Phi) is 8.90. The number of hydrogen-bond acceptors (Lipinski definition) is 9. The van der Waals surface area contributed by atoms with E-state index in [0.717, 1.165) is 0 Å². The molecule has 0 unspecified atom stereocenters. The summed E-state index contributed by atoms with van der Waals surface area (Å²) in [5.74, 6) is 0.564. The van der Waals surface area contributed by atoms with Gasteiger partial charge in [-0.05, 0) is 65.3 Å². The zero-order chi connectivity index (χ0) is 29.0. The van der Waals surface area contributed by atoms with Gasteiger partial charge in [0, 0.05) is 31.4 Å². The third kappa shape index (κ3) is 7.73. The molecule has 0 saturated heterocycles. The van der Waals surface area contributed by atoms with Crippen molar-refractivity contribution in [2.45, 2.75) is 52.7 Å². The van der Waals surface area contributed by atoms with Gasteiger partial charge in [-0.1, -0.05) is 6.07 Å². The largest absolute Gasteiger partial charge is 0.504 e. The van der Waals surface area contributed by atoms with Gasteiger partial charge in [0.2, 0.25) is 0 Å². The number of fused-ring (bicyclic) bond motifs is 1. The van der Waals surface area contributed by atoms with E-state index in [1.54, 1.807) is 82.7 Å². The highest BCUT2D eigenvalue weighted by molar-refractivity contribution is 5.88. The second-order valence-corrected chi connectivity index (χ2v) is 10.8. The van der Waals surface area contributed by atoms with Crippen molar-refractivity contribution in [1.29, 1.82) is 0 Å². The van der Waals surface area contributed by atoms with Crippen LogP contribution in [0.1, 0.15) is 41.5 Å². The van der Waals surface area contributed by atoms with Crippen LogP contribution < -0.4 is 9.64 Å². The molecule has 2 amide bonds. The van der Waals surface area contributed by atoms with Gasteiger partial charge < -0.3 is 29.3 Å². The summed E-state index contributed by atoms with van der Waals surface area (Å²) in [6.45, 7) is 10.3. The predicted molar refractivity (Wildman–Crippen MR) is 145 cm³/mol. The summed E-state index contributed by atoms with van der Waals surface area (Å²) in [5.41, 5.74) is 0.198. The number of amides is 2. The van der Waals surface area contributed by atoms with Crippen LogP contribution in [0.4, 0.5) is 15.4 Å². The summed E-state index contributed by atoms with van der Waals surface area (Å²) in [5, 5.41) is 24.1. The van der Waals surface area contributed by atoms with Crippen molar-refractivity contribution in [2.75, 3.05) is 38.3 Å². The van der Waals surface area contributed by atoms with Gasteiger partial charge in [-0.3, -0.25) is 4.90 Å². The molecule has 3 aromatic rings. The van der Waals surface area contributed by atoms with Crippen LogP contribution in [-0.2, 0) is 9.47 Å². The lowest BCUT2D eigenvalue weighted by molar-refractivity contribution is 0.0218. The summed E-state index contributed by atoms with van der Waals surface area (Å²) in [4.78, 5) is 33.3. The predicted octanol–water partition coefficient (Wildman–Crippen LogP) is 4.08. The Morgan fingerprint density at radius 3 is 2.23 bits per heavy atom. The number of hydrogen-bond donors (Lipinski definition) is 2. The lowest BCUT2D eigenvalue weighted by Crippen LogP contribution is -2.45. The Hall–Kier alpha value is -4.06. The minimum atomic E-state index is -0.780. The van der Waals surface area contributed by atoms with E-state index in [-0.39, 0.29) is 37.8 Å². The normalized spacial score (nSPS) is 11.8. The third-order valence-electron chi connectivity index (χ3n) is 5.35. The molecule has 0 spiro atoms. The van der Waals surface area contributed by atoms with Crippen LogP contribution in [0.25, 0.3) is 16.8 Å². The van der Waals surface area contributed by atoms with Gasteiger partial charge in [-0.25, -0.2) is 19.1 Å². The monoisotopic (exact) mass is 543 g/mol. The zero-order valence-corrected chi connectivity index (χ0v) is 23.5. The second-order valence-electron chi connectivity index (χ2n) is 10.8. The van der Waals surface area contributed by atoms with Crippen LogP contribution in [0.2, 0.25) is 0 Å². The molecule has 0 saturated carbocycles. The van der Waals surface area contributed by atoms with E-state index in [4.69, 9.17) is 19.2 Å². The molecular formula is C27H37N5O7. The number of benzene rings is 1. The highest BCUT2D eigenvalue weighted by Gasteiger charge is 2.28. The van der Waals surface area contributed by atoms with Crippen molar-refractivity contribution in [1.82, 2.24) is 19.5 Å². The van der Waals surface area contributed by atoms with Crippen molar-refractivity contribution in [3.63, 3.8) is 0 Å². The molecule has 212 valence electrons. The van der Waals surface area contributed by atoms with Gasteiger partial charge in [0.05, 0.1) is 19.9 Å². The maximum absolute atomic E-state index is 13.3. The number of ether oxygens (including phenoxy) is 3. The first kappa shape index (κ1) is 29.5. The number of aromatic hydroxyl groups is 1. The second kappa shape index (κ2) is 11.8. The molecular weight excluding hydrogens is 506 g/mol. The molecule has 2 N–H and O–H groups in total. The fourth-order valence-corrected chi connectivity index (χ4v) is 3.65. The lowest BCUT2D eigenvalue weighted by atomic mass is 10.1. The molecule has 2 aromatic heterocycles. The minimum Gasteiger partial charge on any atom is -0.504 e. The summed E-state index contributed by atoms with van der Waals surface area (Å²) in [7, 11) is 1.47. The van der Waals surface area contributed by atoms with Crippen LogP contribution in [0, 0.1) is 0 Å². The van der Waals surface area contributed by atoms with E-state index in [1.165, 1.54) is 16.9 Å². The number of rotatable bonds is 8. The van der Waals surface area contributed by atoms with Gasteiger partial charge in [0.1, 0.15) is 17.0 Å². The lowest BCUT2D eigenvalue weighted by Gasteiger charge is -2.30. The number of methoxy groups -OCH3 is 1. The van der Waals surface area contributed by atoms with E-state index in [9.17, 15) is 19.8 Å². The SMILES string of the molecule is COc1ccc(-c2cnn3ccc(N(CCN(CCO)C(=O)OC(C)(C)C)C(=O)OC(C)(C)C)nc23)cc1O. The van der Waals surface area contributed by atoms with Crippen LogP contribution in [-0.4, -0.2) is 86.5 Å². The molecule has 39 heavy (non-hydrogen) atoms. The van der Waals surface area contributed by atoms with E-state index in [2.05, 4.69) is 5.10 Å². The number of anilines is 1. The first-order valence-corrected chi connectivity index (χ1v) is 12.5. The van der Waals surface area contributed by atoms with Crippen molar-refractivity contribution in [2.24, 2.45) is 0 Å². The number of aliphatic hydroxyl groups excluding tert-OH is 1. The summed E-state index contributed by atoms with van der Waals surface area (Å²) in [6.07, 6.45) is 2.00. The van der Waals surface area contributed by atoms with Crippen molar-refractivity contribution in [3.05, 3.63) is 36.7 Å². The van der Waals surface area contributed by atoms with E-state index in [1.807, 2.05) is 0 Å². The van der Waals surface area contributed by atoms with Crippen molar-refractivity contribution in [3.8, 4) is 22.6 Å². The van der Waals surface area contributed by atoms with Crippen LogP contribution >= 0.6 is 0 Å². The maximum atomic E-state index is 13.3. The minimum absolute atomic E-state index is 0.0180. The average molecular weight is 544 g/mol. The third-order valence-corrected chi connectivity index (χ3v) is 5.35. The molecule has 1 aromatic carbocycles. The first-order valence-electron chi connectivity index (χ1n) is 12.5. The average Bonchev–Trinajstić information content (AvgIpc) is 3.24. The molecule has 0 aliphatic carbocycles. The molecule has 2 heterocycles. The highest BCUT2D eigenvalue weighted by atomic mass is 16.6. The Morgan fingerprint density at radius 2 is 1.64 bits per heavy atom. The number of aromatic nitrogens is 3. The van der Waals surface area contributed by atoms with Crippen molar-refractivity contribution < 1.29 is 34.0 Å². The molecule has 12 heteroatoms. The summed E-state index contributed by atoms with van der Waals surface area (Å²) < 4.78 is 17.8. The summed E-state index contributed by atoms with van der Waals surface area (Å²) in [6, 6.07) is 6.56. The molecule has 12 nitrogen and oxygen atoms in total. The molecule has 0 aliphatic rings. The van der Waals surface area contributed by atoms with Crippen LogP contribution in [0.15, 0.2) is 36.7 Å². The fourth-order valence-electron chi connectivity index (χ4n) is 3.65. The topological polar surface area (TPSA) is 139 Å². The molecule has 0 aliphatic heterocycles. The Labute approximate surface area is 227 Å². The quantitative estimate of drug-likeness (QED) is 0.430.